The zero-order valence-electron chi connectivity index (χ0n) is 13.2. The Bertz CT molecular complexity index is 825. The lowest BCUT2D eigenvalue weighted by Gasteiger charge is -2.20. The van der Waals surface area contributed by atoms with Crippen LogP contribution in [0.25, 0.3) is 22.2 Å². The summed E-state index contributed by atoms with van der Waals surface area (Å²) in [6.07, 6.45) is 6.98. The molecule has 0 spiro atoms. The van der Waals surface area contributed by atoms with E-state index in [1.54, 1.807) is 18.5 Å². The summed E-state index contributed by atoms with van der Waals surface area (Å²) in [7, 11) is 2.18. The smallest absolute Gasteiger partial charge is 0.123 e. The third-order valence-electron chi connectivity index (χ3n) is 4.95. The molecule has 1 aromatic carbocycles. The summed E-state index contributed by atoms with van der Waals surface area (Å²) in [4.78, 5) is 10.00. The van der Waals surface area contributed by atoms with Gasteiger partial charge in [0.2, 0.25) is 0 Å². The van der Waals surface area contributed by atoms with Crippen molar-refractivity contribution in [2.45, 2.75) is 25.3 Å². The van der Waals surface area contributed by atoms with Crippen LogP contribution in [0.2, 0.25) is 0 Å². The van der Waals surface area contributed by atoms with E-state index in [1.807, 2.05) is 18.2 Å². The molecule has 4 heteroatoms. The molecule has 3 heterocycles. The molecule has 0 amide bonds. The number of fused-ring (bicyclic) bond motifs is 1. The van der Waals surface area contributed by atoms with Gasteiger partial charge in [-0.05, 0) is 68.8 Å². The lowest BCUT2D eigenvalue weighted by molar-refractivity contribution is 0.310. The number of nitrogens with one attached hydrogen (secondary N) is 1. The Labute approximate surface area is 135 Å². The molecule has 1 saturated heterocycles. The highest BCUT2D eigenvalue weighted by Crippen LogP contribution is 2.33. The van der Waals surface area contributed by atoms with Crippen LogP contribution >= 0.6 is 0 Å². The van der Waals surface area contributed by atoms with Crippen molar-refractivity contribution in [2.24, 2.45) is 0 Å². The molecule has 0 unspecified atom stereocenters. The normalized spacial score (nSPS) is 18.8. The van der Waals surface area contributed by atoms with Crippen LogP contribution < -0.4 is 0 Å². The minimum atomic E-state index is -0.182. The van der Waals surface area contributed by atoms with Crippen LogP contribution in [0.1, 0.15) is 18.4 Å². The molecule has 0 saturated carbocycles. The summed E-state index contributed by atoms with van der Waals surface area (Å²) in [5, 5.41) is 0.997. The maximum absolute atomic E-state index is 13.8. The summed E-state index contributed by atoms with van der Waals surface area (Å²) in [5.41, 5.74) is 4.40. The van der Waals surface area contributed by atoms with E-state index in [4.69, 9.17) is 0 Å². The maximum Gasteiger partial charge on any atom is 0.123 e. The van der Waals surface area contributed by atoms with E-state index < -0.39 is 0 Å². The van der Waals surface area contributed by atoms with Crippen LogP contribution in [0.4, 0.5) is 4.39 Å². The molecule has 3 nitrogen and oxygen atoms in total. The Morgan fingerprint density at radius 3 is 2.83 bits per heavy atom. The summed E-state index contributed by atoms with van der Waals surface area (Å²) < 4.78 is 13.8. The number of pyridine rings is 1. The van der Waals surface area contributed by atoms with Gasteiger partial charge in [0.1, 0.15) is 5.82 Å². The number of likely N-dealkylation sites (N-methyl/N-ethyl adjacent to an activating group) is 1. The van der Waals surface area contributed by atoms with Gasteiger partial charge in [0.05, 0.1) is 0 Å². The van der Waals surface area contributed by atoms with Gasteiger partial charge in [0.25, 0.3) is 0 Å². The first-order valence-electron chi connectivity index (χ1n) is 8.13. The molecule has 4 rings (SSSR count). The minimum absolute atomic E-state index is 0.182. The molecular formula is C19H20FN3. The number of likely N-dealkylation sites (tertiary alicyclic amines) is 1. The highest BCUT2D eigenvalue weighted by atomic mass is 19.1. The van der Waals surface area contributed by atoms with Crippen LogP contribution in [0.5, 0.6) is 0 Å². The molecule has 23 heavy (non-hydrogen) atoms. The lowest BCUT2D eigenvalue weighted by Crippen LogP contribution is -2.26. The zero-order valence-corrected chi connectivity index (χ0v) is 13.2. The molecule has 2 aromatic heterocycles. The number of H-pyrrole nitrogens is 1. The average Bonchev–Trinajstić information content (AvgIpc) is 3.13. The lowest BCUT2D eigenvalue weighted by atomic mass is 9.98. The molecular weight excluding hydrogens is 289 g/mol. The number of benzene rings is 1. The maximum atomic E-state index is 13.8. The van der Waals surface area contributed by atoms with E-state index in [-0.39, 0.29) is 5.82 Å². The number of aromatic amines is 1. The van der Waals surface area contributed by atoms with Gasteiger partial charge in [0, 0.05) is 40.6 Å². The van der Waals surface area contributed by atoms with Crippen LogP contribution in [0.3, 0.4) is 0 Å². The Hall–Kier alpha value is -2.20. The van der Waals surface area contributed by atoms with Crippen molar-refractivity contribution in [3.05, 3.63) is 54.1 Å². The fraction of sp³-hybridized carbons (Fsp3) is 0.316. The van der Waals surface area contributed by atoms with Gasteiger partial charge < -0.3 is 9.88 Å². The third kappa shape index (κ3) is 2.63. The number of aromatic nitrogens is 2. The Kier molecular flexibility index (Phi) is 3.62. The number of halogens is 1. The molecule has 0 radical (unpaired) electrons. The number of nitrogens with zero attached hydrogens (tertiary/aromatic N) is 2. The number of hydrogen-bond acceptors (Lipinski definition) is 2. The molecule has 1 aliphatic heterocycles. The Balaban J connectivity index is 1.86. The van der Waals surface area contributed by atoms with Gasteiger partial charge in [-0.25, -0.2) is 4.39 Å². The van der Waals surface area contributed by atoms with Crippen molar-refractivity contribution in [2.75, 3.05) is 13.6 Å². The molecule has 1 atom stereocenters. The monoisotopic (exact) mass is 309 g/mol. The highest BCUT2D eigenvalue weighted by Gasteiger charge is 2.24. The summed E-state index contributed by atoms with van der Waals surface area (Å²) in [6, 6.07) is 9.53. The van der Waals surface area contributed by atoms with Crippen molar-refractivity contribution in [1.82, 2.24) is 14.9 Å². The molecule has 3 aromatic rings. The van der Waals surface area contributed by atoms with Gasteiger partial charge >= 0.3 is 0 Å². The first-order valence-corrected chi connectivity index (χ1v) is 8.13. The standard InChI is InChI=1S/C19H20FN3/c1-23-10-2-3-15(23)12-17-16-11-14(20)4-5-18(16)22-19(17)13-6-8-21-9-7-13/h4-9,11,15,22H,2-3,10,12H2,1H3/t15-/m1/s1. The van der Waals surface area contributed by atoms with E-state index in [1.165, 1.54) is 24.5 Å². The molecule has 1 aliphatic rings. The highest BCUT2D eigenvalue weighted by molar-refractivity contribution is 5.90. The van der Waals surface area contributed by atoms with Crippen molar-refractivity contribution in [1.29, 1.82) is 0 Å². The topological polar surface area (TPSA) is 31.9 Å². The third-order valence-corrected chi connectivity index (χ3v) is 4.95. The number of hydrogen-bond donors (Lipinski definition) is 1. The zero-order chi connectivity index (χ0) is 15.8. The Morgan fingerprint density at radius 1 is 1.26 bits per heavy atom. The van der Waals surface area contributed by atoms with E-state index >= 15 is 0 Å². The van der Waals surface area contributed by atoms with Crippen LogP contribution in [-0.2, 0) is 6.42 Å². The predicted octanol–water partition coefficient (Wildman–Crippen LogP) is 4.01. The minimum Gasteiger partial charge on any atom is -0.354 e. The van der Waals surface area contributed by atoms with E-state index in [0.29, 0.717) is 6.04 Å². The molecule has 118 valence electrons. The summed E-state index contributed by atoms with van der Waals surface area (Å²) in [5.74, 6) is -0.182. The predicted molar refractivity (Wildman–Crippen MR) is 90.8 cm³/mol. The van der Waals surface area contributed by atoms with Gasteiger partial charge in [0.15, 0.2) is 0 Å². The van der Waals surface area contributed by atoms with E-state index in [0.717, 1.165) is 35.1 Å². The van der Waals surface area contributed by atoms with Crippen molar-refractivity contribution < 1.29 is 4.39 Å². The molecule has 0 aliphatic carbocycles. The van der Waals surface area contributed by atoms with Gasteiger partial charge in [-0.2, -0.15) is 0 Å². The number of rotatable bonds is 3. The fourth-order valence-corrected chi connectivity index (χ4v) is 3.67. The van der Waals surface area contributed by atoms with Crippen LogP contribution in [-0.4, -0.2) is 34.5 Å². The summed E-state index contributed by atoms with van der Waals surface area (Å²) in [6.45, 7) is 1.14. The molecule has 0 bridgehead atoms. The van der Waals surface area contributed by atoms with E-state index in [9.17, 15) is 4.39 Å². The fourth-order valence-electron chi connectivity index (χ4n) is 3.67. The Morgan fingerprint density at radius 2 is 2.09 bits per heavy atom. The second-order valence-electron chi connectivity index (χ2n) is 6.39. The van der Waals surface area contributed by atoms with Crippen LogP contribution in [0.15, 0.2) is 42.7 Å². The first kappa shape index (κ1) is 14.4. The molecule has 1 fully saturated rings. The largest absolute Gasteiger partial charge is 0.354 e. The molecule has 1 N–H and O–H groups in total. The van der Waals surface area contributed by atoms with Gasteiger partial charge in [-0.3, -0.25) is 4.98 Å². The second kappa shape index (κ2) is 5.78. The van der Waals surface area contributed by atoms with Crippen molar-refractivity contribution in [3.63, 3.8) is 0 Å². The van der Waals surface area contributed by atoms with Crippen molar-refractivity contribution >= 4 is 10.9 Å². The van der Waals surface area contributed by atoms with Crippen LogP contribution in [0, 0.1) is 5.82 Å². The van der Waals surface area contributed by atoms with Crippen molar-refractivity contribution in [3.8, 4) is 11.3 Å². The average molecular weight is 309 g/mol. The van der Waals surface area contributed by atoms with E-state index in [2.05, 4.69) is 21.9 Å². The van der Waals surface area contributed by atoms with Gasteiger partial charge in [-0.15, -0.1) is 0 Å². The second-order valence-corrected chi connectivity index (χ2v) is 6.39. The summed E-state index contributed by atoms with van der Waals surface area (Å²) >= 11 is 0. The quantitative estimate of drug-likeness (QED) is 0.793. The first-order chi connectivity index (χ1) is 11.2. The van der Waals surface area contributed by atoms with Gasteiger partial charge in [-0.1, -0.05) is 0 Å². The SMILES string of the molecule is CN1CCC[C@@H]1Cc1c(-c2ccncc2)[nH]c2ccc(F)cc12.